The molecule has 0 saturated heterocycles. The van der Waals surface area contributed by atoms with Crippen LogP contribution in [0.25, 0.3) is 0 Å². The van der Waals surface area contributed by atoms with Crippen LogP contribution in [0.15, 0.2) is 9.66 Å². The Hall–Kier alpha value is -0.370. The topological polar surface area (TPSA) is 40.9 Å². The molecule has 1 aliphatic carbocycles. The molecule has 1 fully saturated rings. The molecule has 1 atom stereocenters. The minimum Gasteiger partial charge on any atom is -0.299 e. The van der Waals surface area contributed by atoms with Crippen LogP contribution in [0.4, 0.5) is 0 Å². The number of Topliss-reactive ketones (excluding diaryl/α,β-unsaturated/α-hetero) is 1. The van der Waals surface area contributed by atoms with Crippen LogP contribution < -0.4 is 0 Å². The van der Waals surface area contributed by atoms with E-state index in [1.54, 1.807) is 6.08 Å². The standard InChI is InChI=1S/C10H12INO/c11-9(6-7-12)5-4-8-2-1-3-10(8)13/h6,8H,1-5H2/b9-6+. The van der Waals surface area contributed by atoms with Gasteiger partial charge in [0.05, 0.1) is 6.07 Å². The predicted molar refractivity (Wildman–Crippen MR) is 59.3 cm³/mol. The summed E-state index contributed by atoms with van der Waals surface area (Å²) in [5.74, 6) is 0.693. The highest BCUT2D eigenvalue weighted by Crippen LogP contribution is 2.28. The van der Waals surface area contributed by atoms with Crippen molar-refractivity contribution in [3.05, 3.63) is 9.66 Å². The van der Waals surface area contributed by atoms with E-state index in [9.17, 15) is 4.79 Å². The second kappa shape index (κ2) is 5.38. The zero-order valence-electron chi connectivity index (χ0n) is 7.42. The molecule has 13 heavy (non-hydrogen) atoms. The van der Waals surface area contributed by atoms with Crippen molar-refractivity contribution in [3.8, 4) is 6.07 Å². The molecule has 1 aliphatic rings. The smallest absolute Gasteiger partial charge is 0.135 e. The van der Waals surface area contributed by atoms with E-state index in [-0.39, 0.29) is 5.92 Å². The van der Waals surface area contributed by atoms with Gasteiger partial charge in [0, 0.05) is 22.0 Å². The third-order valence-corrected chi connectivity index (χ3v) is 3.23. The molecule has 3 heteroatoms. The molecule has 0 aromatic rings. The molecule has 0 radical (unpaired) electrons. The predicted octanol–water partition coefficient (Wildman–Crippen LogP) is 2.98. The number of hydrogen-bond acceptors (Lipinski definition) is 2. The third-order valence-electron chi connectivity index (χ3n) is 2.38. The molecule has 1 rings (SSSR count). The number of carbonyl (C=O) groups excluding carboxylic acids is 1. The second-order valence-electron chi connectivity index (χ2n) is 3.31. The number of hydrogen-bond donors (Lipinski definition) is 0. The Kier molecular flexibility index (Phi) is 4.43. The molecule has 0 spiro atoms. The molecule has 0 aromatic carbocycles. The first-order valence-electron chi connectivity index (χ1n) is 4.51. The van der Waals surface area contributed by atoms with Crippen LogP contribution in [0.1, 0.15) is 32.1 Å². The van der Waals surface area contributed by atoms with Crippen molar-refractivity contribution in [2.75, 3.05) is 0 Å². The molecule has 0 N–H and O–H groups in total. The first-order chi connectivity index (χ1) is 6.24. The summed E-state index contributed by atoms with van der Waals surface area (Å²) in [5, 5.41) is 8.38. The summed E-state index contributed by atoms with van der Waals surface area (Å²) in [6.45, 7) is 0. The quantitative estimate of drug-likeness (QED) is 0.592. The molecular formula is C10H12INO. The van der Waals surface area contributed by atoms with Crippen LogP contribution in [0.3, 0.4) is 0 Å². The van der Waals surface area contributed by atoms with Gasteiger partial charge in [0.15, 0.2) is 0 Å². The maximum absolute atomic E-state index is 11.3. The van der Waals surface area contributed by atoms with Crippen LogP contribution in [-0.2, 0) is 4.79 Å². The highest BCUT2D eigenvalue weighted by Gasteiger charge is 2.23. The average Bonchev–Trinajstić information content (AvgIpc) is 2.48. The zero-order chi connectivity index (χ0) is 9.68. The van der Waals surface area contributed by atoms with E-state index >= 15 is 0 Å². The lowest BCUT2D eigenvalue weighted by Crippen LogP contribution is -2.05. The van der Waals surface area contributed by atoms with Gasteiger partial charge in [0.1, 0.15) is 5.78 Å². The number of allylic oxidation sites excluding steroid dienone is 2. The van der Waals surface area contributed by atoms with Gasteiger partial charge in [-0.2, -0.15) is 5.26 Å². The Morgan fingerprint density at radius 3 is 3.08 bits per heavy atom. The highest BCUT2D eigenvalue weighted by atomic mass is 127. The van der Waals surface area contributed by atoms with Crippen molar-refractivity contribution in [1.82, 2.24) is 0 Å². The molecule has 0 amide bonds. The van der Waals surface area contributed by atoms with Crippen LogP contribution >= 0.6 is 22.6 Å². The molecule has 0 aromatic heterocycles. The first kappa shape index (κ1) is 10.7. The Morgan fingerprint density at radius 1 is 1.77 bits per heavy atom. The van der Waals surface area contributed by atoms with Crippen molar-refractivity contribution in [2.24, 2.45) is 5.92 Å². The van der Waals surface area contributed by atoms with E-state index in [4.69, 9.17) is 5.26 Å². The Labute approximate surface area is 92.1 Å². The van der Waals surface area contributed by atoms with E-state index in [2.05, 4.69) is 22.6 Å². The van der Waals surface area contributed by atoms with Crippen molar-refractivity contribution in [1.29, 1.82) is 5.26 Å². The lowest BCUT2D eigenvalue weighted by atomic mass is 10.0. The fourth-order valence-electron chi connectivity index (χ4n) is 1.65. The van der Waals surface area contributed by atoms with Gasteiger partial charge in [0.2, 0.25) is 0 Å². The summed E-state index contributed by atoms with van der Waals surface area (Å²) in [5.41, 5.74) is 0. The largest absolute Gasteiger partial charge is 0.299 e. The molecule has 1 saturated carbocycles. The number of carbonyl (C=O) groups is 1. The number of ketones is 1. The number of rotatable bonds is 3. The molecular weight excluding hydrogens is 277 g/mol. The van der Waals surface area contributed by atoms with Gasteiger partial charge in [-0.25, -0.2) is 0 Å². The number of halogens is 1. The van der Waals surface area contributed by atoms with Gasteiger partial charge in [-0.1, -0.05) is 0 Å². The summed E-state index contributed by atoms with van der Waals surface area (Å²) in [6, 6.07) is 2.00. The molecule has 2 nitrogen and oxygen atoms in total. The van der Waals surface area contributed by atoms with Crippen LogP contribution in [-0.4, -0.2) is 5.78 Å². The molecule has 70 valence electrons. The van der Waals surface area contributed by atoms with Crippen molar-refractivity contribution >= 4 is 28.4 Å². The van der Waals surface area contributed by atoms with Gasteiger partial charge >= 0.3 is 0 Å². The molecule has 0 aliphatic heterocycles. The average molecular weight is 289 g/mol. The van der Waals surface area contributed by atoms with Gasteiger partial charge in [-0.3, -0.25) is 4.79 Å². The molecule has 0 bridgehead atoms. The maximum atomic E-state index is 11.3. The minimum atomic E-state index is 0.275. The van der Waals surface area contributed by atoms with Crippen LogP contribution in [0, 0.1) is 17.2 Å². The summed E-state index contributed by atoms with van der Waals surface area (Å²) >= 11 is 2.16. The van der Waals surface area contributed by atoms with Gasteiger partial charge in [-0.05, 0) is 48.3 Å². The monoisotopic (exact) mass is 289 g/mol. The van der Waals surface area contributed by atoms with Gasteiger partial charge < -0.3 is 0 Å². The Balaban J connectivity index is 2.31. The van der Waals surface area contributed by atoms with E-state index in [1.807, 2.05) is 6.07 Å². The maximum Gasteiger partial charge on any atom is 0.135 e. The highest BCUT2D eigenvalue weighted by molar-refractivity contribution is 14.1. The van der Waals surface area contributed by atoms with Gasteiger partial charge in [0.25, 0.3) is 0 Å². The first-order valence-corrected chi connectivity index (χ1v) is 5.59. The fraction of sp³-hybridized carbons (Fsp3) is 0.600. The normalized spacial score (nSPS) is 23.2. The van der Waals surface area contributed by atoms with Crippen molar-refractivity contribution in [2.45, 2.75) is 32.1 Å². The fourth-order valence-corrected chi connectivity index (χ4v) is 2.10. The molecule has 1 unspecified atom stereocenters. The SMILES string of the molecule is N#C/C=C(/I)CCC1CCCC1=O. The number of nitrogens with zero attached hydrogens (tertiary/aromatic N) is 1. The van der Waals surface area contributed by atoms with E-state index < -0.39 is 0 Å². The minimum absolute atomic E-state index is 0.275. The Bertz CT molecular complexity index is 265. The second-order valence-corrected chi connectivity index (χ2v) is 4.70. The lowest BCUT2D eigenvalue weighted by molar-refractivity contribution is -0.120. The summed E-state index contributed by atoms with van der Waals surface area (Å²) in [6.07, 6.45) is 6.24. The van der Waals surface area contributed by atoms with Crippen molar-refractivity contribution in [3.63, 3.8) is 0 Å². The number of nitriles is 1. The summed E-state index contributed by atoms with van der Waals surface area (Å²) in [7, 11) is 0. The van der Waals surface area contributed by atoms with Gasteiger partial charge in [-0.15, -0.1) is 0 Å². The lowest BCUT2D eigenvalue weighted by Gasteiger charge is -2.05. The van der Waals surface area contributed by atoms with E-state index in [0.29, 0.717) is 5.78 Å². The Morgan fingerprint density at radius 2 is 2.54 bits per heavy atom. The summed E-state index contributed by atoms with van der Waals surface area (Å²) in [4.78, 5) is 11.3. The van der Waals surface area contributed by atoms with Crippen LogP contribution in [0.2, 0.25) is 0 Å². The van der Waals surface area contributed by atoms with Crippen molar-refractivity contribution < 1.29 is 4.79 Å². The molecule has 0 heterocycles. The van der Waals surface area contributed by atoms with Crippen LogP contribution in [0.5, 0.6) is 0 Å². The summed E-state index contributed by atoms with van der Waals surface area (Å²) < 4.78 is 1.06. The third kappa shape index (κ3) is 3.47. The zero-order valence-corrected chi connectivity index (χ0v) is 9.58. The van der Waals surface area contributed by atoms with E-state index in [1.165, 1.54) is 0 Å². The van der Waals surface area contributed by atoms with E-state index in [0.717, 1.165) is 35.7 Å².